The molecule has 1 aliphatic rings. The number of anilines is 3. The molecular weight excluding hydrogens is 428 g/mol. The Kier molecular flexibility index (Phi) is 6.22. The number of aromatic nitrogens is 3. The van der Waals surface area contributed by atoms with Gasteiger partial charge >= 0.3 is 6.09 Å². The molecule has 4 heterocycles. The fourth-order valence-electron chi connectivity index (χ4n) is 3.43. The van der Waals surface area contributed by atoms with Crippen LogP contribution in [0.15, 0.2) is 30.5 Å². The highest BCUT2D eigenvalue weighted by atomic mass is 32.1. The molecule has 4 rings (SSSR count). The molecule has 1 fully saturated rings. The monoisotopic (exact) mass is 454 g/mol. The first-order valence-corrected chi connectivity index (χ1v) is 11.3. The first kappa shape index (κ1) is 21.9. The lowest BCUT2D eigenvalue weighted by atomic mass is 10.1. The van der Waals surface area contributed by atoms with Crippen LogP contribution in [0, 0.1) is 0 Å². The molecule has 2 N–H and O–H groups in total. The van der Waals surface area contributed by atoms with Crippen molar-refractivity contribution in [3.63, 3.8) is 0 Å². The summed E-state index contributed by atoms with van der Waals surface area (Å²) < 4.78 is 5.45. The Labute approximate surface area is 190 Å². The lowest BCUT2D eigenvalue weighted by Crippen LogP contribution is -2.44. The number of ether oxygens (including phenoxy) is 1. The number of pyridine rings is 2. The molecule has 0 bridgehead atoms. The summed E-state index contributed by atoms with van der Waals surface area (Å²) in [7, 11) is 0. The lowest BCUT2D eigenvalue weighted by molar-refractivity contribution is 0.0210. The number of carbonyl (C=O) groups is 2. The van der Waals surface area contributed by atoms with Gasteiger partial charge in [-0.25, -0.2) is 19.7 Å². The molecule has 3 aromatic heterocycles. The third-order valence-electron chi connectivity index (χ3n) is 4.88. The third kappa shape index (κ3) is 5.50. The van der Waals surface area contributed by atoms with E-state index in [1.54, 1.807) is 23.2 Å². The standard InChI is InChI=1S/C22H26N6O3S/c1-22(2,3)31-21(30)28-9-6-15(7-10-28)24-17-11-14(13-29)12-18(26-17)27-20-25-16-5-4-8-23-19(16)32-20/h4-5,8,11-13,15H,6-7,9-10H2,1-3H3,(H2,24,25,26,27). The Bertz CT molecular complexity index is 1090. The zero-order valence-electron chi connectivity index (χ0n) is 18.3. The maximum absolute atomic E-state index is 12.3. The van der Waals surface area contributed by atoms with E-state index in [1.807, 2.05) is 32.9 Å². The van der Waals surface area contributed by atoms with Crippen LogP contribution in [0.5, 0.6) is 0 Å². The van der Waals surface area contributed by atoms with Crippen molar-refractivity contribution in [1.82, 2.24) is 19.9 Å². The summed E-state index contributed by atoms with van der Waals surface area (Å²) in [5.41, 5.74) is 0.811. The van der Waals surface area contributed by atoms with Crippen molar-refractivity contribution in [3.8, 4) is 0 Å². The maximum Gasteiger partial charge on any atom is 0.410 e. The van der Waals surface area contributed by atoms with E-state index in [9.17, 15) is 9.59 Å². The van der Waals surface area contributed by atoms with Crippen molar-refractivity contribution in [2.75, 3.05) is 23.7 Å². The van der Waals surface area contributed by atoms with Crippen molar-refractivity contribution in [3.05, 3.63) is 36.0 Å². The topological polar surface area (TPSA) is 109 Å². The van der Waals surface area contributed by atoms with Crippen LogP contribution in [0.3, 0.4) is 0 Å². The summed E-state index contributed by atoms with van der Waals surface area (Å²) >= 11 is 1.42. The molecule has 0 aromatic carbocycles. The second-order valence-electron chi connectivity index (χ2n) is 8.65. The van der Waals surface area contributed by atoms with E-state index in [4.69, 9.17) is 4.74 Å². The van der Waals surface area contributed by atoms with Crippen LogP contribution in [0.25, 0.3) is 10.3 Å². The SMILES string of the molecule is CC(C)(C)OC(=O)N1CCC(Nc2cc(C=O)cc(Nc3nc4cccnc4s3)n2)CC1. The van der Waals surface area contributed by atoms with Crippen LogP contribution in [0.1, 0.15) is 44.0 Å². The number of rotatable bonds is 5. The Morgan fingerprint density at radius 1 is 1.22 bits per heavy atom. The Morgan fingerprint density at radius 3 is 2.66 bits per heavy atom. The molecule has 32 heavy (non-hydrogen) atoms. The molecule has 3 aromatic rings. The number of fused-ring (bicyclic) bond motifs is 1. The maximum atomic E-state index is 12.3. The van der Waals surface area contributed by atoms with Gasteiger partial charge in [-0.15, -0.1) is 0 Å². The molecule has 1 aliphatic heterocycles. The van der Waals surface area contributed by atoms with Crippen molar-refractivity contribution in [1.29, 1.82) is 0 Å². The predicted octanol–water partition coefficient (Wildman–Crippen LogP) is 4.45. The van der Waals surface area contributed by atoms with Gasteiger partial charge in [0.25, 0.3) is 0 Å². The molecule has 0 radical (unpaired) electrons. The minimum Gasteiger partial charge on any atom is -0.444 e. The number of likely N-dealkylation sites (tertiary alicyclic amines) is 1. The zero-order valence-corrected chi connectivity index (χ0v) is 19.1. The van der Waals surface area contributed by atoms with E-state index >= 15 is 0 Å². The third-order valence-corrected chi connectivity index (χ3v) is 5.78. The molecule has 10 heteroatoms. The number of hydrogen-bond donors (Lipinski definition) is 2. The number of piperidine rings is 1. The molecule has 0 spiro atoms. The Balaban J connectivity index is 1.41. The van der Waals surface area contributed by atoms with E-state index in [-0.39, 0.29) is 12.1 Å². The number of carbonyl (C=O) groups excluding carboxylic acids is 2. The predicted molar refractivity (Wildman–Crippen MR) is 125 cm³/mol. The number of hydrogen-bond acceptors (Lipinski definition) is 9. The first-order chi connectivity index (χ1) is 15.3. The lowest BCUT2D eigenvalue weighted by Gasteiger charge is -2.34. The molecular formula is C22H26N6O3S. The number of amides is 1. The van der Waals surface area contributed by atoms with E-state index in [1.165, 1.54) is 11.3 Å². The van der Waals surface area contributed by atoms with Gasteiger partial charge in [0.15, 0.2) is 5.13 Å². The number of nitrogens with zero attached hydrogens (tertiary/aromatic N) is 4. The van der Waals surface area contributed by atoms with E-state index in [0.717, 1.165) is 29.5 Å². The summed E-state index contributed by atoms with van der Waals surface area (Å²) in [5.74, 6) is 1.13. The van der Waals surface area contributed by atoms with E-state index in [0.29, 0.717) is 35.4 Å². The molecule has 0 atom stereocenters. The van der Waals surface area contributed by atoms with Crippen LogP contribution in [-0.2, 0) is 4.74 Å². The summed E-state index contributed by atoms with van der Waals surface area (Å²) in [6.45, 7) is 6.79. The quantitative estimate of drug-likeness (QED) is 0.544. The van der Waals surface area contributed by atoms with E-state index in [2.05, 4.69) is 25.6 Å². The smallest absolute Gasteiger partial charge is 0.410 e. The minimum atomic E-state index is -0.506. The van der Waals surface area contributed by atoms with Crippen LogP contribution in [0.4, 0.5) is 21.6 Å². The minimum absolute atomic E-state index is 0.141. The number of thiazole rings is 1. The molecule has 0 aliphatic carbocycles. The van der Waals surface area contributed by atoms with E-state index < -0.39 is 5.60 Å². The van der Waals surface area contributed by atoms with Gasteiger partial charge < -0.3 is 20.3 Å². The molecule has 168 valence electrons. The second kappa shape index (κ2) is 9.07. The van der Waals surface area contributed by atoms with Crippen LogP contribution in [-0.4, -0.2) is 57.0 Å². The summed E-state index contributed by atoms with van der Waals surface area (Å²) in [5, 5.41) is 7.23. The van der Waals surface area contributed by atoms with Gasteiger partial charge in [0.05, 0.1) is 0 Å². The largest absolute Gasteiger partial charge is 0.444 e. The average Bonchev–Trinajstić information content (AvgIpc) is 3.15. The molecule has 0 saturated carbocycles. The van der Waals surface area contributed by atoms with Crippen LogP contribution in [0.2, 0.25) is 0 Å². The van der Waals surface area contributed by atoms with Gasteiger partial charge in [-0.1, -0.05) is 11.3 Å². The average molecular weight is 455 g/mol. The highest BCUT2D eigenvalue weighted by Gasteiger charge is 2.27. The second-order valence-corrected chi connectivity index (χ2v) is 9.62. The summed E-state index contributed by atoms with van der Waals surface area (Å²) in [6.07, 6.45) is 3.76. The van der Waals surface area contributed by atoms with Gasteiger partial charge in [-0.2, -0.15) is 0 Å². The molecule has 0 unspecified atom stereocenters. The zero-order chi connectivity index (χ0) is 22.7. The van der Waals surface area contributed by atoms with Gasteiger partial charge in [0.1, 0.15) is 33.9 Å². The molecule has 1 saturated heterocycles. The van der Waals surface area contributed by atoms with Crippen LogP contribution < -0.4 is 10.6 Å². The van der Waals surface area contributed by atoms with Crippen molar-refractivity contribution < 1.29 is 14.3 Å². The van der Waals surface area contributed by atoms with Crippen LogP contribution >= 0.6 is 11.3 Å². The Hall–Kier alpha value is -3.27. The fourth-order valence-corrected chi connectivity index (χ4v) is 4.25. The number of aldehydes is 1. The summed E-state index contributed by atoms with van der Waals surface area (Å²) in [4.78, 5) is 39.7. The van der Waals surface area contributed by atoms with Crippen molar-refractivity contribution in [2.45, 2.75) is 45.3 Å². The van der Waals surface area contributed by atoms with Gasteiger partial charge in [-0.3, -0.25) is 4.79 Å². The highest BCUT2D eigenvalue weighted by Crippen LogP contribution is 2.27. The van der Waals surface area contributed by atoms with Gasteiger partial charge in [0, 0.05) is 30.9 Å². The summed E-state index contributed by atoms with van der Waals surface area (Å²) in [6, 6.07) is 7.28. The van der Waals surface area contributed by atoms with Gasteiger partial charge in [0.2, 0.25) is 0 Å². The normalized spacial score (nSPS) is 14.9. The molecule has 1 amide bonds. The number of nitrogens with one attached hydrogen (secondary N) is 2. The fraction of sp³-hybridized carbons (Fsp3) is 0.409. The van der Waals surface area contributed by atoms with Crippen molar-refractivity contribution in [2.24, 2.45) is 0 Å². The van der Waals surface area contributed by atoms with Crippen molar-refractivity contribution >= 4 is 50.8 Å². The highest BCUT2D eigenvalue weighted by molar-refractivity contribution is 7.21. The Morgan fingerprint density at radius 2 is 1.97 bits per heavy atom. The van der Waals surface area contributed by atoms with Gasteiger partial charge in [-0.05, 0) is 57.9 Å². The first-order valence-electron chi connectivity index (χ1n) is 10.5. The molecule has 9 nitrogen and oxygen atoms in total.